The van der Waals surface area contributed by atoms with Crippen molar-refractivity contribution in [2.24, 2.45) is 7.05 Å². The minimum atomic E-state index is 0.528. The first-order valence-electron chi connectivity index (χ1n) is 5.43. The molecule has 18 heavy (non-hydrogen) atoms. The highest BCUT2D eigenvalue weighted by molar-refractivity contribution is 5.49. The van der Waals surface area contributed by atoms with E-state index in [4.69, 9.17) is 0 Å². The summed E-state index contributed by atoms with van der Waals surface area (Å²) < 4.78 is 3.33. The van der Waals surface area contributed by atoms with Gasteiger partial charge in [-0.25, -0.2) is 0 Å². The molecule has 7 nitrogen and oxygen atoms in total. The Kier molecular flexibility index (Phi) is 2.49. The number of hydrogen-bond acceptors (Lipinski definition) is 5. The summed E-state index contributed by atoms with van der Waals surface area (Å²) in [5.74, 6) is 1.23. The van der Waals surface area contributed by atoms with Crippen molar-refractivity contribution in [1.82, 2.24) is 30.0 Å². The Morgan fingerprint density at radius 2 is 1.94 bits per heavy atom. The first-order valence-corrected chi connectivity index (χ1v) is 5.43. The second-order valence-corrected chi connectivity index (χ2v) is 3.75. The van der Waals surface area contributed by atoms with Gasteiger partial charge in [-0.05, 0) is 22.6 Å². The number of aromatic nitrogens is 6. The van der Waals surface area contributed by atoms with E-state index in [1.54, 1.807) is 9.36 Å². The summed E-state index contributed by atoms with van der Waals surface area (Å²) in [5.41, 5.74) is 0.890. The summed E-state index contributed by atoms with van der Waals surface area (Å²) in [5, 5.41) is 18.8. The predicted molar refractivity (Wildman–Crippen MR) is 65.6 cm³/mol. The molecule has 3 rings (SSSR count). The summed E-state index contributed by atoms with van der Waals surface area (Å²) in [6.07, 6.45) is 1.85. The van der Waals surface area contributed by atoms with Crippen LogP contribution in [0.1, 0.15) is 0 Å². The van der Waals surface area contributed by atoms with Crippen LogP contribution in [0.25, 0.3) is 5.69 Å². The Hall–Kier alpha value is -2.70. The molecule has 7 heteroatoms. The van der Waals surface area contributed by atoms with E-state index in [0.717, 1.165) is 5.69 Å². The maximum Gasteiger partial charge on any atom is 0.253 e. The smallest absolute Gasteiger partial charge is 0.253 e. The van der Waals surface area contributed by atoms with Crippen LogP contribution in [0, 0.1) is 0 Å². The Bertz CT molecular complexity index is 640. The Labute approximate surface area is 103 Å². The lowest BCUT2D eigenvalue weighted by molar-refractivity contribution is 0.769. The van der Waals surface area contributed by atoms with Gasteiger partial charge in [0.2, 0.25) is 0 Å². The molecule has 0 aliphatic heterocycles. The Morgan fingerprint density at radius 3 is 2.67 bits per heavy atom. The van der Waals surface area contributed by atoms with E-state index in [1.165, 1.54) is 0 Å². The predicted octanol–water partition coefficient (Wildman–Crippen LogP) is 1.14. The van der Waals surface area contributed by atoms with Crippen molar-refractivity contribution in [2.45, 2.75) is 0 Å². The first-order chi connectivity index (χ1) is 8.83. The van der Waals surface area contributed by atoms with Crippen molar-refractivity contribution in [2.75, 3.05) is 5.32 Å². The molecule has 0 atom stereocenters. The third-order valence-electron chi connectivity index (χ3n) is 2.42. The molecule has 0 fully saturated rings. The molecule has 2 heterocycles. The molecule has 0 saturated carbocycles. The van der Waals surface area contributed by atoms with E-state index < -0.39 is 0 Å². The zero-order chi connectivity index (χ0) is 12.4. The molecule has 0 saturated heterocycles. The highest BCUT2D eigenvalue weighted by Gasteiger charge is 2.08. The minimum absolute atomic E-state index is 0.528. The second kappa shape index (κ2) is 4.28. The first kappa shape index (κ1) is 10.5. The Morgan fingerprint density at radius 1 is 1.11 bits per heavy atom. The van der Waals surface area contributed by atoms with Gasteiger partial charge in [0.25, 0.3) is 5.95 Å². The highest BCUT2D eigenvalue weighted by atomic mass is 15.6. The molecule has 0 unspecified atom stereocenters. The number of hydrogen-bond donors (Lipinski definition) is 1. The molecule has 1 aromatic carbocycles. The van der Waals surface area contributed by atoms with Gasteiger partial charge in [0, 0.05) is 19.3 Å². The third kappa shape index (κ3) is 1.93. The lowest BCUT2D eigenvalue weighted by Gasteiger charge is -2.04. The van der Waals surface area contributed by atoms with Gasteiger partial charge in [-0.1, -0.05) is 23.3 Å². The highest BCUT2D eigenvalue weighted by Crippen LogP contribution is 2.14. The van der Waals surface area contributed by atoms with Crippen LogP contribution in [0.2, 0.25) is 0 Å². The number of nitrogens with one attached hydrogen (secondary N) is 1. The van der Waals surface area contributed by atoms with Crippen LogP contribution >= 0.6 is 0 Å². The van der Waals surface area contributed by atoms with Gasteiger partial charge >= 0.3 is 0 Å². The van der Waals surface area contributed by atoms with Crippen molar-refractivity contribution in [3.05, 3.63) is 42.6 Å². The molecule has 90 valence electrons. The van der Waals surface area contributed by atoms with E-state index >= 15 is 0 Å². The maximum absolute atomic E-state index is 4.22. The van der Waals surface area contributed by atoms with Crippen molar-refractivity contribution in [3.63, 3.8) is 0 Å². The van der Waals surface area contributed by atoms with E-state index in [-0.39, 0.29) is 0 Å². The topological polar surface area (TPSA) is 73.5 Å². The zero-order valence-corrected chi connectivity index (χ0v) is 9.72. The fourth-order valence-corrected chi connectivity index (χ4v) is 1.60. The summed E-state index contributed by atoms with van der Waals surface area (Å²) in [4.78, 5) is 0. The number of para-hydroxylation sites is 1. The minimum Gasteiger partial charge on any atom is -0.306 e. The fourth-order valence-electron chi connectivity index (χ4n) is 1.60. The summed E-state index contributed by atoms with van der Waals surface area (Å²) in [6.45, 7) is 0. The monoisotopic (exact) mass is 241 g/mol. The maximum atomic E-state index is 4.22. The van der Waals surface area contributed by atoms with Gasteiger partial charge in [-0.2, -0.15) is 9.78 Å². The zero-order valence-electron chi connectivity index (χ0n) is 9.72. The van der Waals surface area contributed by atoms with Crippen LogP contribution in [0.4, 0.5) is 11.8 Å². The SMILES string of the molecule is Cn1ccc(Nc2nnnn2-c2ccccc2)n1. The van der Waals surface area contributed by atoms with Gasteiger partial charge in [0.05, 0.1) is 5.69 Å². The van der Waals surface area contributed by atoms with E-state index in [2.05, 4.69) is 25.9 Å². The molecule has 0 aliphatic carbocycles. The Balaban J connectivity index is 1.93. The quantitative estimate of drug-likeness (QED) is 0.744. The molecule has 0 bridgehead atoms. The van der Waals surface area contributed by atoms with Crippen LogP contribution in [0.15, 0.2) is 42.6 Å². The molecule has 3 aromatic rings. The van der Waals surface area contributed by atoms with Crippen LogP contribution in [-0.2, 0) is 7.05 Å². The van der Waals surface area contributed by atoms with E-state index in [0.29, 0.717) is 11.8 Å². The van der Waals surface area contributed by atoms with Crippen molar-refractivity contribution in [3.8, 4) is 5.69 Å². The summed E-state index contributed by atoms with van der Waals surface area (Å²) >= 11 is 0. The second-order valence-electron chi connectivity index (χ2n) is 3.75. The van der Waals surface area contributed by atoms with E-state index in [9.17, 15) is 0 Å². The van der Waals surface area contributed by atoms with Gasteiger partial charge < -0.3 is 5.32 Å². The van der Waals surface area contributed by atoms with Gasteiger partial charge in [0.1, 0.15) is 0 Å². The van der Waals surface area contributed by atoms with Crippen molar-refractivity contribution >= 4 is 11.8 Å². The summed E-state index contributed by atoms with van der Waals surface area (Å²) in [6, 6.07) is 11.5. The lowest BCUT2D eigenvalue weighted by atomic mass is 10.3. The number of anilines is 2. The number of nitrogens with zero attached hydrogens (tertiary/aromatic N) is 6. The molecular weight excluding hydrogens is 230 g/mol. The fraction of sp³-hybridized carbons (Fsp3) is 0.0909. The number of aryl methyl sites for hydroxylation is 1. The summed E-state index contributed by atoms with van der Waals surface area (Å²) in [7, 11) is 1.85. The van der Waals surface area contributed by atoms with Crippen molar-refractivity contribution in [1.29, 1.82) is 0 Å². The molecule has 0 aliphatic rings. The normalized spacial score (nSPS) is 10.5. The lowest BCUT2D eigenvalue weighted by Crippen LogP contribution is -2.03. The van der Waals surface area contributed by atoms with Crippen LogP contribution in [-0.4, -0.2) is 30.0 Å². The molecule has 0 spiro atoms. The molecule has 1 N–H and O–H groups in total. The third-order valence-corrected chi connectivity index (χ3v) is 2.42. The van der Waals surface area contributed by atoms with Gasteiger partial charge in [-0.15, -0.1) is 0 Å². The van der Waals surface area contributed by atoms with Gasteiger partial charge in [-0.3, -0.25) is 4.68 Å². The molecule has 2 aromatic heterocycles. The van der Waals surface area contributed by atoms with Crippen molar-refractivity contribution < 1.29 is 0 Å². The number of benzene rings is 1. The molecule has 0 amide bonds. The standard InChI is InChI=1S/C11H11N7/c1-17-8-7-10(14-17)12-11-13-15-16-18(11)9-5-3-2-4-6-9/h2-8H,1H3,(H,12,13,14,16). The van der Waals surface area contributed by atoms with Gasteiger partial charge in [0.15, 0.2) is 5.82 Å². The molecule has 0 radical (unpaired) electrons. The number of rotatable bonds is 3. The van der Waals surface area contributed by atoms with Crippen LogP contribution < -0.4 is 5.32 Å². The number of tetrazole rings is 1. The largest absolute Gasteiger partial charge is 0.306 e. The average molecular weight is 241 g/mol. The van der Waals surface area contributed by atoms with Crippen LogP contribution in [0.5, 0.6) is 0 Å². The van der Waals surface area contributed by atoms with Crippen LogP contribution in [0.3, 0.4) is 0 Å². The van der Waals surface area contributed by atoms with E-state index in [1.807, 2.05) is 49.6 Å². The molecular formula is C11H11N7. The average Bonchev–Trinajstić information content (AvgIpc) is 3.00.